The molecular weight excluding hydrogens is 350 g/mol. The Morgan fingerprint density at radius 2 is 2.04 bits per heavy atom. The van der Waals surface area contributed by atoms with E-state index in [0.717, 1.165) is 11.3 Å². The molecule has 1 amide bonds. The van der Waals surface area contributed by atoms with Gasteiger partial charge in [0.15, 0.2) is 11.0 Å². The number of nitrogens with one attached hydrogen (secondary N) is 1. The van der Waals surface area contributed by atoms with E-state index in [4.69, 9.17) is 4.74 Å². The van der Waals surface area contributed by atoms with Crippen molar-refractivity contribution in [3.05, 3.63) is 24.3 Å². The van der Waals surface area contributed by atoms with E-state index in [-0.39, 0.29) is 17.6 Å². The molecule has 0 saturated carbocycles. The Hall–Kier alpha value is -2.53. The van der Waals surface area contributed by atoms with Crippen LogP contribution in [-0.4, -0.2) is 39.1 Å². The minimum atomic E-state index is -0.883. The summed E-state index contributed by atoms with van der Waals surface area (Å²) in [6.07, 6.45) is 0. The molecule has 7 nitrogen and oxygen atoms in total. The van der Waals surface area contributed by atoms with Crippen LogP contribution in [0.3, 0.4) is 0 Å². The Morgan fingerprint density at radius 1 is 1.38 bits per heavy atom. The van der Waals surface area contributed by atoms with E-state index in [2.05, 4.69) is 21.6 Å². The van der Waals surface area contributed by atoms with Gasteiger partial charge in [0, 0.05) is 12.6 Å². The highest BCUT2D eigenvalue weighted by Crippen LogP contribution is 2.24. The van der Waals surface area contributed by atoms with Crippen LogP contribution in [0.2, 0.25) is 0 Å². The lowest BCUT2D eigenvalue weighted by atomic mass is 9.90. The molecule has 2 aromatic rings. The Morgan fingerprint density at radius 3 is 2.58 bits per heavy atom. The summed E-state index contributed by atoms with van der Waals surface area (Å²) in [4.78, 5) is 12.2. The van der Waals surface area contributed by atoms with Gasteiger partial charge in [-0.05, 0) is 37.1 Å². The van der Waals surface area contributed by atoms with Gasteiger partial charge in [-0.1, -0.05) is 25.6 Å². The molecule has 0 spiro atoms. The van der Waals surface area contributed by atoms with E-state index in [0.29, 0.717) is 11.0 Å². The number of aromatic nitrogens is 3. The smallest absolute Gasteiger partial charge is 0.231 e. The van der Waals surface area contributed by atoms with Crippen LogP contribution < -0.4 is 10.1 Å². The fraction of sp³-hybridized carbons (Fsp3) is 0.444. The molecule has 2 rings (SSSR count). The average Bonchev–Trinajstić information content (AvgIpc) is 3.00. The maximum Gasteiger partial charge on any atom is 0.231 e. The lowest BCUT2D eigenvalue weighted by molar-refractivity contribution is -0.120. The maximum atomic E-state index is 12.2. The van der Waals surface area contributed by atoms with Crippen LogP contribution in [0.5, 0.6) is 5.75 Å². The summed E-state index contributed by atoms with van der Waals surface area (Å²) < 4.78 is 7.00. The number of methoxy groups -OCH3 is 1. The Labute approximate surface area is 157 Å². The fourth-order valence-electron chi connectivity index (χ4n) is 2.19. The first-order chi connectivity index (χ1) is 12.3. The predicted molar refractivity (Wildman–Crippen MR) is 101 cm³/mol. The van der Waals surface area contributed by atoms with E-state index in [9.17, 15) is 10.1 Å². The van der Waals surface area contributed by atoms with Gasteiger partial charge in [-0.3, -0.25) is 4.79 Å². The van der Waals surface area contributed by atoms with Crippen LogP contribution in [-0.2, 0) is 11.8 Å². The average molecular weight is 373 g/mol. The SMILES string of the molecule is COc1ccc(-c2nnc(SCC(=O)NC(C)(C#N)C(C)C)n2C)cc1. The molecule has 1 unspecified atom stereocenters. The molecule has 0 aliphatic rings. The molecule has 0 bridgehead atoms. The second kappa shape index (κ2) is 8.23. The number of ether oxygens (including phenoxy) is 1. The molecule has 1 aromatic carbocycles. The van der Waals surface area contributed by atoms with Crippen molar-refractivity contribution in [2.75, 3.05) is 12.9 Å². The number of carbonyl (C=O) groups excluding carboxylic acids is 1. The number of thioether (sulfide) groups is 1. The first-order valence-corrected chi connectivity index (χ1v) is 9.18. The largest absolute Gasteiger partial charge is 0.497 e. The summed E-state index contributed by atoms with van der Waals surface area (Å²) in [5.41, 5.74) is 0.0279. The van der Waals surface area contributed by atoms with Crippen LogP contribution in [0.4, 0.5) is 0 Å². The van der Waals surface area contributed by atoms with Gasteiger partial charge in [-0.25, -0.2) is 0 Å². The van der Waals surface area contributed by atoms with Crippen LogP contribution >= 0.6 is 11.8 Å². The zero-order chi connectivity index (χ0) is 19.3. The lowest BCUT2D eigenvalue weighted by Crippen LogP contribution is -2.49. The quantitative estimate of drug-likeness (QED) is 0.750. The summed E-state index contributed by atoms with van der Waals surface area (Å²) in [6, 6.07) is 9.70. The number of benzene rings is 1. The van der Waals surface area contributed by atoms with Gasteiger partial charge >= 0.3 is 0 Å². The highest BCUT2D eigenvalue weighted by atomic mass is 32.2. The summed E-state index contributed by atoms with van der Waals surface area (Å²) >= 11 is 1.28. The zero-order valence-electron chi connectivity index (χ0n) is 15.6. The van der Waals surface area contributed by atoms with E-state index >= 15 is 0 Å². The van der Waals surface area contributed by atoms with Gasteiger partial charge in [0.2, 0.25) is 5.91 Å². The minimum absolute atomic E-state index is 0.0120. The first-order valence-electron chi connectivity index (χ1n) is 8.19. The van der Waals surface area contributed by atoms with E-state index in [1.54, 1.807) is 14.0 Å². The molecular formula is C18H23N5O2S. The monoisotopic (exact) mass is 373 g/mol. The third-order valence-electron chi connectivity index (χ3n) is 4.30. The number of rotatable bonds is 7. The Kier molecular flexibility index (Phi) is 6.27. The van der Waals surface area contributed by atoms with Crippen molar-refractivity contribution in [1.82, 2.24) is 20.1 Å². The van der Waals surface area contributed by atoms with E-state index in [1.165, 1.54) is 11.8 Å². The van der Waals surface area contributed by atoms with Gasteiger partial charge in [-0.2, -0.15) is 5.26 Å². The number of nitriles is 1. The van der Waals surface area contributed by atoms with Crippen molar-refractivity contribution in [3.8, 4) is 23.2 Å². The minimum Gasteiger partial charge on any atom is -0.497 e. The van der Waals surface area contributed by atoms with Crippen LogP contribution in [0, 0.1) is 17.2 Å². The number of nitrogens with zero attached hydrogens (tertiary/aromatic N) is 4. The third-order valence-corrected chi connectivity index (χ3v) is 5.32. The molecule has 26 heavy (non-hydrogen) atoms. The van der Waals surface area contributed by atoms with Crippen LogP contribution in [0.1, 0.15) is 20.8 Å². The van der Waals surface area contributed by atoms with Crippen molar-refractivity contribution in [1.29, 1.82) is 5.26 Å². The van der Waals surface area contributed by atoms with Crippen molar-refractivity contribution in [2.45, 2.75) is 31.5 Å². The first kappa shape index (κ1) is 19.8. The molecule has 0 fully saturated rings. The van der Waals surface area contributed by atoms with E-state index in [1.807, 2.05) is 49.7 Å². The molecule has 8 heteroatoms. The second-order valence-electron chi connectivity index (χ2n) is 6.40. The molecule has 1 N–H and O–H groups in total. The molecule has 0 aliphatic heterocycles. The standard InChI is InChI=1S/C18H23N5O2S/c1-12(2)18(3,11-19)20-15(24)10-26-17-22-21-16(23(17)4)13-6-8-14(25-5)9-7-13/h6-9,12H,10H2,1-5H3,(H,20,24). The topological polar surface area (TPSA) is 92.8 Å². The number of hydrogen-bond acceptors (Lipinski definition) is 6. The molecule has 0 aliphatic carbocycles. The van der Waals surface area contributed by atoms with Gasteiger partial charge in [0.25, 0.3) is 0 Å². The number of hydrogen-bond donors (Lipinski definition) is 1. The van der Waals surface area contributed by atoms with Crippen molar-refractivity contribution < 1.29 is 9.53 Å². The Bertz CT molecular complexity index is 810. The number of carbonyl (C=O) groups is 1. The molecule has 1 aromatic heterocycles. The summed E-state index contributed by atoms with van der Waals surface area (Å²) in [7, 11) is 3.47. The third kappa shape index (κ3) is 4.35. The van der Waals surface area contributed by atoms with Gasteiger partial charge in [-0.15, -0.1) is 10.2 Å². The maximum absolute atomic E-state index is 12.2. The summed E-state index contributed by atoms with van der Waals surface area (Å²) in [5, 5.41) is 21.1. The van der Waals surface area contributed by atoms with Crippen molar-refractivity contribution in [2.24, 2.45) is 13.0 Å². The molecule has 0 saturated heterocycles. The van der Waals surface area contributed by atoms with Crippen LogP contribution in [0.25, 0.3) is 11.4 Å². The molecule has 138 valence electrons. The highest BCUT2D eigenvalue weighted by Gasteiger charge is 2.30. The summed E-state index contributed by atoms with van der Waals surface area (Å²) in [5.74, 6) is 1.45. The lowest BCUT2D eigenvalue weighted by Gasteiger charge is -2.27. The van der Waals surface area contributed by atoms with Crippen molar-refractivity contribution in [3.63, 3.8) is 0 Å². The normalized spacial score (nSPS) is 13.1. The summed E-state index contributed by atoms with van der Waals surface area (Å²) in [6.45, 7) is 5.53. The number of amides is 1. The van der Waals surface area contributed by atoms with Crippen molar-refractivity contribution >= 4 is 17.7 Å². The molecule has 1 heterocycles. The molecule has 0 radical (unpaired) electrons. The van der Waals surface area contributed by atoms with E-state index < -0.39 is 5.54 Å². The molecule has 1 atom stereocenters. The Balaban J connectivity index is 2.04. The van der Waals surface area contributed by atoms with Gasteiger partial charge in [0.05, 0.1) is 18.9 Å². The predicted octanol–water partition coefficient (Wildman–Crippen LogP) is 2.64. The van der Waals surface area contributed by atoms with Gasteiger partial charge < -0.3 is 14.6 Å². The second-order valence-corrected chi connectivity index (χ2v) is 7.34. The van der Waals surface area contributed by atoms with Gasteiger partial charge in [0.1, 0.15) is 11.3 Å². The fourth-order valence-corrected chi connectivity index (χ4v) is 2.90. The highest BCUT2D eigenvalue weighted by molar-refractivity contribution is 7.99. The van der Waals surface area contributed by atoms with Crippen LogP contribution in [0.15, 0.2) is 29.4 Å². The zero-order valence-corrected chi connectivity index (χ0v) is 16.4.